The van der Waals surface area contributed by atoms with Gasteiger partial charge in [0.05, 0.1) is 0 Å². The lowest BCUT2D eigenvalue weighted by Crippen LogP contribution is -2.57. The van der Waals surface area contributed by atoms with Gasteiger partial charge in [0.1, 0.15) is 0 Å². The highest BCUT2D eigenvalue weighted by atomic mass is 15.3. The van der Waals surface area contributed by atoms with E-state index in [4.69, 9.17) is 5.73 Å². The van der Waals surface area contributed by atoms with Crippen molar-refractivity contribution in [1.82, 2.24) is 9.80 Å². The lowest BCUT2D eigenvalue weighted by molar-refractivity contribution is 0.0169. The first-order valence-corrected chi connectivity index (χ1v) is 6.88. The summed E-state index contributed by atoms with van der Waals surface area (Å²) in [6, 6.07) is 2.13. The van der Waals surface area contributed by atoms with Crippen molar-refractivity contribution < 1.29 is 0 Å². The molecule has 0 aromatic carbocycles. The van der Waals surface area contributed by atoms with E-state index in [9.17, 15) is 0 Å². The summed E-state index contributed by atoms with van der Waals surface area (Å²) in [6.45, 7) is 5.73. The van der Waals surface area contributed by atoms with Gasteiger partial charge in [0.25, 0.3) is 0 Å². The molecule has 0 aromatic rings. The first-order chi connectivity index (χ1) is 7.72. The molecule has 3 atom stereocenters. The van der Waals surface area contributed by atoms with E-state index in [1.807, 2.05) is 0 Å². The van der Waals surface area contributed by atoms with Crippen LogP contribution in [0.25, 0.3) is 0 Å². The summed E-state index contributed by atoms with van der Waals surface area (Å²) in [6.07, 6.45) is 6.74. The Morgan fingerprint density at radius 1 is 1.19 bits per heavy atom. The van der Waals surface area contributed by atoms with Crippen LogP contribution in [0.3, 0.4) is 0 Å². The van der Waals surface area contributed by atoms with Gasteiger partial charge in [-0.05, 0) is 46.2 Å². The maximum atomic E-state index is 5.94. The van der Waals surface area contributed by atoms with E-state index in [0.29, 0.717) is 6.04 Å². The quantitative estimate of drug-likeness (QED) is 0.768. The first-order valence-electron chi connectivity index (χ1n) is 6.88. The fourth-order valence-corrected chi connectivity index (χ4v) is 3.59. The van der Waals surface area contributed by atoms with E-state index in [-0.39, 0.29) is 0 Å². The molecule has 3 unspecified atom stereocenters. The van der Waals surface area contributed by atoms with Crippen LogP contribution in [-0.4, -0.2) is 54.6 Å². The Morgan fingerprint density at radius 3 is 2.69 bits per heavy atom. The third-order valence-corrected chi connectivity index (χ3v) is 4.38. The molecule has 2 rings (SSSR count). The molecule has 2 fully saturated rings. The SMILES string of the molecule is CC1CCCC(CN)N1C1CCCN(C)C1. The summed E-state index contributed by atoms with van der Waals surface area (Å²) < 4.78 is 0. The molecular formula is C13H27N3. The number of likely N-dealkylation sites (tertiary alicyclic amines) is 2. The van der Waals surface area contributed by atoms with Crippen molar-refractivity contribution in [3.05, 3.63) is 0 Å². The zero-order chi connectivity index (χ0) is 11.5. The third-order valence-electron chi connectivity index (χ3n) is 4.38. The Kier molecular flexibility index (Phi) is 4.22. The van der Waals surface area contributed by atoms with Crippen LogP contribution in [0.5, 0.6) is 0 Å². The van der Waals surface area contributed by atoms with Crippen molar-refractivity contribution in [2.75, 3.05) is 26.7 Å². The molecule has 16 heavy (non-hydrogen) atoms. The van der Waals surface area contributed by atoms with Crippen LogP contribution in [0.1, 0.15) is 39.0 Å². The Hall–Kier alpha value is -0.120. The molecule has 0 amide bonds. The standard InChI is InChI=1S/C13H27N3/c1-11-5-3-6-12(9-14)16(11)13-7-4-8-15(2)10-13/h11-13H,3-10,14H2,1-2H3. The van der Waals surface area contributed by atoms with Gasteiger partial charge in [0.2, 0.25) is 0 Å². The first kappa shape index (κ1) is 12.3. The third kappa shape index (κ3) is 2.58. The summed E-state index contributed by atoms with van der Waals surface area (Å²) in [5, 5.41) is 0. The molecule has 3 nitrogen and oxygen atoms in total. The predicted molar refractivity (Wildman–Crippen MR) is 68.5 cm³/mol. The second-order valence-electron chi connectivity index (χ2n) is 5.67. The van der Waals surface area contributed by atoms with E-state index in [1.54, 1.807) is 0 Å². The van der Waals surface area contributed by atoms with E-state index in [0.717, 1.165) is 18.6 Å². The lowest BCUT2D eigenvalue weighted by atomic mass is 9.91. The van der Waals surface area contributed by atoms with Gasteiger partial charge in [-0.25, -0.2) is 0 Å². The summed E-state index contributed by atoms with van der Waals surface area (Å²) >= 11 is 0. The van der Waals surface area contributed by atoms with E-state index < -0.39 is 0 Å². The van der Waals surface area contributed by atoms with Crippen molar-refractivity contribution >= 4 is 0 Å². The van der Waals surface area contributed by atoms with Crippen LogP contribution in [0.4, 0.5) is 0 Å². The molecule has 2 heterocycles. The predicted octanol–water partition coefficient (Wildman–Crippen LogP) is 1.28. The van der Waals surface area contributed by atoms with Crippen LogP contribution in [0.15, 0.2) is 0 Å². The molecule has 3 heteroatoms. The van der Waals surface area contributed by atoms with Crippen molar-refractivity contribution in [2.45, 2.75) is 57.2 Å². The number of nitrogens with zero attached hydrogens (tertiary/aromatic N) is 2. The highest BCUT2D eigenvalue weighted by Crippen LogP contribution is 2.28. The smallest absolute Gasteiger partial charge is 0.0229 e. The van der Waals surface area contributed by atoms with Crippen molar-refractivity contribution in [3.8, 4) is 0 Å². The molecule has 0 bridgehead atoms. The molecular weight excluding hydrogens is 198 g/mol. The maximum Gasteiger partial charge on any atom is 0.0229 e. The van der Waals surface area contributed by atoms with Crippen LogP contribution in [-0.2, 0) is 0 Å². The molecule has 2 saturated heterocycles. The minimum absolute atomic E-state index is 0.639. The van der Waals surface area contributed by atoms with Gasteiger partial charge < -0.3 is 10.6 Å². The van der Waals surface area contributed by atoms with Crippen LogP contribution < -0.4 is 5.73 Å². The van der Waals surface area contributed by atoms with Crippen molar-refractivity contribution in [1.29, 1.82) is 0 Å². The molecule has 0 aromatic heterocycles. The van der Waals surface area contributed by atoms with Gasteiger partial charge in [0.15, 0.2) is 0 Å². The minimum atomic E-state index is 0.639. The van der Waals surface area contributed by atoms with Crippen LogP contribution in [0, 0.1) is 0 Å². The number of hydrogen-bond acceptors (Lipinski definition) is 3. The monoisotopic (exact) mass is 225 g/mol. The molecule has 94 valence electrons. The Bertz CT molecular complexity index is 219. The zero-order valence-electron chi connectivity index (χ0n) is 10.9. The second kappa shape index (κ2) is 5.48. The Balaban J connectivity index is 2.02. The van der Waals surface area contributed by atoms with Crippen LogP contribution in [0.2, 0.25) is 0 Å². The van der Waals surface area contributed by atoms with Gasteiger partial charge in [0, 0.05) is 31.2 Å². The second-order valence-corrected chi connectivity index (χ2v) is 5.67. The van der Waals surface area contributed by atoms with E-state index in [2.05, 4.69) is 23.8 Å². The Labute approximate surface area is 100.0 Å². The molecule has 0 saturated carbocycles. The fourth-order valence-electron chi connectivity index (χ4n) is 3.59. The normalized spacial score (nSPS) is 38.8. The lowest BCUT2D eigenvalue weighted by Gasteiger charge is -2.48. The summed E-state index contributed by atoms with van der Waals surface area (Å²) in [5.74, 6) is 0. The average Bonchev–Trinajstić information content (AvgIpc) is 2.28. The van der Waals surface area contributed by atoms with Gasteiger partial charge in [-0.15, -0.1) is 0 Å². The van der Waals surface area contributed by atoms with Gasteiger partial charge >= 0.3 is 0 Å². The molecule has 0 spiro atoms. The number of hydrogen-bond donors (Lipinski definition) is 1. The number of likely N-dealkylation sites (N-methyl/N-ethyl adjacent to an activating group) is 1. The summed E-state index contributed by atoms with van der Waals surface area (Å²) in [7, 11) is 2.25. The van der Waals surface area contributed by atoms with Gasteiger partial charge in [-0.3, -0.25) is 4.90 Å². The number of nitrogens with two attached hydrogens (primary N) is 1. The van der Waals surface area contributed by atoms with Crippen molar-refractivity contribution in [2.24, 2.45) is 5.73 Å². The van der Waals surface area contributed by atoms with Crippen molar-refractivity contribution in [3.63, 3.8) is 0 Å². The topological polar surface area (TPSA) is 32.5 Å². The molecule has 2 N–H and O–H groups in total. The number of rotatable bonds is 2. The molecule has 2 aliphatic heterocycles. The van der Waals surface area contributed by atoms with E-state index >= 15 is 0 Å². The number of piperidine rings is 2. The largest absolute Gasteiger partial charge is 0.329 e. The molecule has 2 aliphatic rings. The van der Waals surface area contributed by atoms with Gasteiger partial charge in [-0.1, -0.05) is 6.42 Å². The minimum Gasteiger partial charge on any atom is -0.329 e. The highest BCUT2D eigenvalue weighted by molar-refractivity contribution is 4.90. The summed E-state index contributed by atoms with van der Waals surface area (Å²) in [4.78, 5) is 5.21. The molecule has 0 radical (unpaired) electrons. The highest BCUT2D eigenvalue weighted by Gasteiger charge is 2.34. The van der Waals surface area contributed by atoms with E-state index in [1.165, 1.54) is 45.2 Å². The van der Waals surface area contributed by atoms with Crippen LogP contribution >= 0.6 is 0 Å². The Morgan fingerprint density at radius 2 is 2.00 bits per heavy atom. The molecule has 0 aliphatic carbocycles. The average molecular weight is 225 g/mol. The zero-order valence-corrected chi connectivity index (χ0v) is 10.9. The maximum absolute atomic E-state index is 5.94. The van der Waals surface area contributed by atoms with Gasteiger partial charge in [-0.2, -0.15) is 0 Å². The fraction of sp³-hybridized carbons (Fsp3) is 1.00. The summed E-state index contributed by atoms with van der Waals surface area (Å²) in [5.41, 5.74) is 5.94.